The number of carbonyl (C=O) groups is 2. The van der Waals surface area contributed by atoms with E-state index in [1.165, 1.54) is 30.2 Å². The third kappa shape index (κ3) is 4.36. The van der Waals surface area contributed by atoms with Crippen molar-refractivity contribution in [3.63, 3.8) is 0 Å². The molecule has 0 aromatic heterocycles. The highest BCUT2D eigenvalue weighted by atomic mass is 35.5. The number of ether oxygens (including phenoxy) is 2. The van der Waals surface area contributed by atoms with Crippen LogP contribution < -0.4 is 9.47 Å². The van der Waals surface area contributed by atoms with Gasteiger partial charge in [0.05, 0.1) is 17.7 Å². The molecule has 1 fully saturated rings. The first-order valence-electron chi connectivity index (χ1n) is 8.78. The summed E-state index contributed by atoms with van der Waals surface area (Å²) in [5, 5.41) is 0.0775. The molecule has 0 aliphatic carbocycles. The molecule has 0 unspecified atom stereocenters. The van der Waals surface area contributed by atoms with E-state index in [9.17, 15) is 14.0 Å². The summed E-state index contributed by atoms with van der Waals surface area (Å²) < 4.78 is 24.7. The smallest absolute Gasteiger partial charge is 0.260 e. The van der Waals surface area contributed by atoms with Crippen LogP contribution in [0.4, 0.5) is 4.39 Å². The van der Waals surface area contributed by atoms with E-state index in [1.807, 2.05) is 6.07 Å². The molecular formula is C20H20ClFN2O4. The Labute approximate surface area is 167 Å². The fraction of sp³-hybridized carbons (Fsp3) is 0.300. The average molecular weight is 407 g/mol. The van der Waals surface area contributed by atoms with Crippen molar-refractivity contribution in [2.75, 3.05) is 39.9 Å². The van der Waals surface area contributed by atoms with Crippen LogP contribution in [0.2, 0.25) is 5.02 Å². The lowest BCUT2D eigenvalue weighted by Crippen LogP contribution is -2.51. The highest BCUT2D eigenvalue weighted by molar-refractivity contribution is 6.33. The van der Waals surface area contributed by atoms with E-state index in [0.717, 1.165) is 0 Å². The topological polar surface area (TPSA) is 59.1 Å². The van der Waals surface area contributed by atoms with E-state index in [4.69, 9.17) is 21.1 Å². The maximum absolute atomic E-state index is 14.0. The first kappa shape index (κ1) is 19.9. The van der Waals surface area contributed by atoms with Gasteiger partial charge in [-0.25, -0.2) is 4.39 Å². The minimum Gasteiger partial charge on any atom is -0.493 e. The van der Waals surface area contributed by atoms with Crippen LogP contribution in [0.1, 0.15) is 10.4 Å². The number of halogens is 2. The highest BCUT2D eigenvalue weighted by Gasteiger charge is 2.27. The summed E-state index contributed by atoms with van der Waals surface area (Å²) in [4.78, 5) is 28.1. The normalized spacial score (nSPS) is 14.0. The first-order chi connectivity index (χ1) is 13.5. The molecule has 0 saturated carbocycles. The van der Waals surface area contributed by atoms with Gasteiger partial charge in [-0.15, -0.1) is 0 Å². The van der Waals surface area contributed by atoms with Crippen molar-refractivity contribution >= 4 is 23.4 Å². The summed E-state index contributed by atoms with van der Waals surface area (Å²) in [7, 11) is 1.53. The number of nitrogens with zero attached hydrogens (tertiary/aromatic N) is 2. The van der Waals surface area contributed by atoms with Crippen LogP contribution in [-0.2, 0) is 4.79 Å². The first-order valence-corrected chi connectivity index (χ1v) is 9.16. The number of benzene rings is 2. The van der Waals surface area contributed by atoms with E-state index >= 15 is 0 Å². The Kier molecular flexibility index (Phi) is 6.36. The number of carbonyl (C=O) groups excluding carboxylic acids is 2. The lowest BCUT2D eigenvalue weighted by atomic mass is 10.1. The molecule has 1 aliphatic heterocycles. The molecule has 2 aromatic carbocycles. The number of piperazine rings is 1. The largest absolute Gasteiger partial charge is 0.493 e. The monoisotopic (exact) mass is 406 g/mol. The SMILES string of the molecule is COc1ccccc1OCC(=O)N1CCN(C(=O)c2c(F)cccc2Cl)CC1. The standard InChI is InChI=1S/C20H20ClFN2O4/c1-27-16-7-2-3-8-17(16)28-13-18(25)23-9-11-24(12-10-23)20(26)19-14(21)5-4-6-15(19)22/h2-8H,9-13H2,1H3. The summed E-state index contributed by atoms with van der Waals surface area (Å²) in [6, 6.07) is 11.2. The second-order valence-corrected chi connectivity index (χ2v) is 6.62. The van der Waals surface area contributed by atoms with Gasteiger partial charge < -0.3 is 19.3 Å². The van der Waals surface area contributed by atoms with Crippen molar-refractivity contribution in [2.24, 2.45) is 0 Å². The van der Waals surface area contributed by atoms with Gasteiger partial charge in [0.15, 0.2) is 18.1 Å². The van der Waals surface area contributed by atoms with Crippen molar-refractivity contribution in [1.29, 1.82) is 0 Å². The molecule has 0 atom stereocenters. The molecular weight excluding hydrogens is 387 g/mol. The van der Waals surface area contributed by atoms with Crippen molar-refractivity contribution in [2.45, 2.75) is 0 Å². The molecule has 0 radical (unpaired) electrons. The van der Waals surface area contributed by atoms with E-state index in [0.29, 0.717) is 37.7 Å². The number of amides is 2. The van der Waals surface area contributed by atoms with E-state index < -0.39 is 11.7 Å². The zero-order valence-electron chi connectivity index (χ0n) is 15.4. The van der Waals surface area contributed by atoms with Gasteiger partial charge in [-0.05, 0) is 24.3 Å². The summed E-state index contributed by atoms with van der Waals surface area (Å²) >= 11 is 5.97. The predicted molar refractivity (Wildman–Crippen MR) is 102 cm³/mol. The fourth-order valence-electron chi connectivity index (χ4n) is 2.99. The Bertz CT molecular complexity index is 849. The highest BCUT2D eigenvalue weighted by Crippen LogP contribution is 2.26. The van der Waals surface area contributed by atoms with Gasteiger partial charge >= 0.3 is 0 Å². The van der Waals surface area contributed by atoms with Crippen molar-refractivity contribution in [1.82, 2.24) is 9.80 Å². The van der Waals surface area contributed by atoms with Gasteiger partial charge in [0.2, 0.25) is 0 Å². The van der Waals surface area contributed by atoms with Crippen LogP contribution in [0.5, 0.6) is 11.5 Å². The number of rotatable bonds is 5. The molecule has 0 spiro atoms. The quantitative estimate of drug-likeness (QED) is 0.766. The number of methoxy groups -OCH3 is 1. The molecule has 1 aliphatic rings. The molecule has 6 nitrogen and oxygen atoms in total. The molecule has 1 saturated heterocycles. The third-order valence-corrected chi connectivity index (χ3v) is 4.83. The summed E-state index contributed by atoms with van der Waals surface area (Å²) in [6.07, 6.45) is 0. The van der Waals surface area contributed by atoms with Gasteiger partial charge in [0, 0.05) is 26.2 Å². The Morgan fingerprint density at radius 3 is 2.29 bits per heavy atom. The van der Waals surface area contributed by atoms with Crippen LogP contribution >= 0.6 is 11.6 Å². The molecule has 8 heteroatoms. The zero-order chi connectivity index (χ0) is 20.1. The van der Waals surface area contributed by atoms with Crippen LogP contribution in [0.3, 0.4) is 0 Å². The molecule has 1 heterocycles. The van der Waals surface area contributed by atoms with Crippen molar-refractivity contribution in [3.05, 3.63) is 58.9 Å². The van der Waals surface area contributed by atoms with E-state index in [1.54, 1.807) is 23.1 Å². The molecule has 2 aromatic rings. The van der Waals surface area contributed by atoms with Crippen LogP contribution in [-0.4, -0.2) is 61.5 Å². The predicted octanol–water partition coefficient (Wildman–Crippen LogP) is 2.85. The Morgan fingerprint density at radius 2 is 1.64 bits per heavy atom. The van der Waals surface area contributed by atoms with E-state index in [2.05, 4.69) is 0 Å². The maximum atomic E-state index is 14.0. The van der Waals surface area contributed by atoms with Gasteiger partial charge in [-0.3, -0.25) is 9.59 Å². The molecule has 0 N–H and O–H groups in total. The number of para-hydroxylation sites is 2. The molecule has 148 valence electrons. The van der Waals surface area contributed by atoms with Crippen LogP contribution in [0.15, 0.2) is 42.5 Å². The lowest BCUT2D eigenvalue weighted by molar-refractivity contribution is -0.134. The number of hydrogen-bond donors (Lipinski definition) is 0. The molecule has 3 rings (SSSR count). The summed E-state index contributed by atoms with van der Waals surface area (Å²) in [5.74, 6) is -0.280. The average Bonchev–Trinajstić information content (AvgIpc) is 2.72. The number of hydrogen-bond acceptors (Lipinski definition) is 4. The molecule has 0 bridgehead atoms. The lowest BCUT2D eigenvalue weighted by Gasteiger charge is -2.35. The van der Waals surface area contributed by atoms with E-state index in [-0.39, 0.29) is 23.1 Å². The van der Waals surface area contributed by atoms with Crippen molar-refractivity contribution in [3.8, 4) is 11.5 Å². The van der Waals surface area contributed by atoms with Gasteiger partial charge in [0.25, 0.3) is 11.8 Å². The van der Waals surface area contributed by atoms with Gasteiger partial charge in [-0.1, -0.05) is 29.8 Å². The second-order valence-electron chi connectivity index (χ2n) is 6.21. The zero-order valence-corrected chi connectivity index (χ0v) is 16.1. The second kappa shape index (κ2) is 8.93. The molecule has 2 amide bonds. The summed E-state index contributed by atoms with van der Waals surface area (Å²) in [5.41, 5.74) is -0.136. The minimum atomic E-state index is -0.652. The summed E-state index contributed by atoms with van der Waals surface area (Å²) in [6.45, 7) is 1.14. The minimum absolute atomic E-state index is 0.0775. The Hall–Kier alpha value is -2.80. The fourth-order valence-corrected chi connectivity index (χ4v) is 3.23. The van der Waals surface area contributed by atoms with Crippen molar-refractivity contribution < 1.29 is 23.5 Å². The Balaban J connectivity index is 1.55. The molecule has 28 heavy (non-hydrogen) atoms. The van der Waals surface area contributed by atoms with Crippen LogP contribution in [0, 0.1) is 5.82 Å². The van der Waals surface area contributed by atoms with Crippen LogP contribution in [0.25, 0.3) is 0 Å². The maximum Gasteiger partial charge on any atom is 0.260 e. The van der Waals surface area contributed by atoms with Gasteiger partial charge in [0.1, 0.15) is 5.82 Å². The van der Waals surface area contributed by atoms with Gasteiger partial charge in [-0.2, -0.15) is 0 Å². The third-order valence-electron chi connectivity index (χ3n) is 4.52. The Morgan fingerprint density at radius 1 is 1.00 bits per heavy atom.